The number of nitrogens with zero attached hydrogens (tertiary/aromatic N) is 1. The minimum atomic E-state index is -2.48. The molecule has 3 aliphatic heterocycles. The first-order chi connectivity index (χ1) is 41.6. The van der Waals surface area contributed by atoms with E-state index in [1.54, 1.807) is 40.9 Å². The van der Waals surface area contributed by atoms with E-state index in [9.17, 15) is 44.4 Å². The Hall–Kier alpha value is -4.05. The van der Waals surface area contributed by atoms with Crippen molar-refractivity contribution < 1.29 is 96.5 Å². The average Bonchev–Trinajstić information content (AvgIpc) is 1.86. The lowest BCUT2D eigenvalue weighted by molar-refractivity contribution is -0.265. The maximum atomic E-state index is 14.6. The largest absolute Gasteiger partial charge is 0.459 e. The fraction of sp³-hybridized carbons (Fsp3) is 0.797. The predicted octanol–water partition coefficient (Wildman–Crippen LogP) is 4.86. The summed E-state index contributed by atoms with van der Waals surface area (Å²) in [6.07, 6.45) is 6.61. The fourth-order valence-electron chi connectivity index (χ4n) is 11.6. The van der Waals surface area contributed by atoms with Crippen molar-refractivity contribution >= 4 is 29.5 Å². The van der Waals surface area contributed by atoms with Crippen molar-refractivity contribution in [3.63, 3.8) is 0 Å². The van der Waals surface area contributed by atoms with E-state index in [1.165, 1.54) is 7.11 Å². The molecule has 498 valence electrons. The van der Waals surface area contributed by atoms with E-state index in [0.29, 0.717) is 124 Å². The number of cyclic esters (lactones) is 1. The van der Waals surface area contributed by atoms with Crippen LogP contribution in [-0.2, 0) is 71.3 Å². The van der Waals surface area contributed by atoms with Crippen LogP contribution in [0.1, 0.15) is 126 Å². The number of hydrogen-bond acceptors (Lipinski definition) is 21. The Balaban J connectivity index is 1.41. The molecule has 3 heterocycles. The van der Waals surface area contributed by atoms with Crippen LogP contribution >= 0.6 is 0 Å². The van der Waals surface area contributed by atoms with Gasteiger partial charge < -0.3 is 88.5 Å². The molecule has 2 unspecified atom stereocenters. The molecule has 23 nitrogen and oxygen atoms in total. The van der Waals surface area contributed by atoms with Crippen LogP contribution in [0.25, 0.3) is 0 Å². The minimum absolute atomic E-state index is 0.0275. The lowest BCUT2D eigenvalue weighted by Gasteiger charge is -2.42. The average molecular weight is 1240 g/mol. The van der Waals surface area contributed by atoms with Crippen LogP contribution in [-0.4, -0.2) is 228 Å². The van der Waals surface area contributed by atoms with Gasteiger partial charge in [0.15, 0.2) is 5.78 Å². The molecule has 0 aromatic rings. The summed E-state index contributed by atoms with van der Waals surface area (Å²) in [4.78, 5) is 70.9. The first kappa shape index (κ1) is 75.4. The molecule has 2 bridgehead atoms. The number of nitrogens with two attached hydrogens (primary N) is 1. The van der Waals surface area contributed by atoms with Gasteiger partial charge in [-0.15, -0.1) is 0 Å². The molecule has 4 rings (SSSR count). The van der Waals surface area contributed by atoms with Crippen molar-refractivity contribution in [3.8, 4) is 0 Å². The Bertz CT molecular complexity index is 2180. The van der Waals surface area contributed by atoms with Gasteiger partial charge in [0, 0.05) is 70.6 Å². The maximum Gasteiger partial charge on any atom is 0.407 e. The molecule has 3 fully saturated rings. The van der Waals surface area contributed by atoms with E-state index in [2.05, 4.69) is 5.32 Å². The van der Waals surface area contributed by atoms with Crippen LogP contribution in [0.5, 0.6) is 0 Å². The highest BCUT2D eigenvalue weighted by molar-refractivity contribution is 6.39. The number of ketones is 2. The number of aliphatic hydroxyl groups excluding tert-OH is 3. The predicted molar refractivity (Wildman–Crippen MR) is 323 cm³/mol. The smallest absolute Gasteiger partial charge is 0.407 e. The highest BCUT2D eigenvalue weighted by Crippen LogP contribution is 2.37. The van der Waals surface area contributed by atoms with Crippen molar-refractivity contribution in [3.05, 3.63) is 47.6 Å². The molecule has 16 atom stereocenters. The zero-order valence-electron chi connectivity index (χ0n) is 53.4. The zero-order chi connectivity index (χ0) is 63.9. The second-order valence-electron chi connectivity index (χ2n) is 23.8. The molecule has 7 N–H and O–H groups in total. The summed E-state index contributed by atoms with van der Waals surface area (Å²) in [5, 5.41) is 49.1. The van der Waals surface area contributed by atoms with Crippen LogP contribution in [0.2, 0.25) is 0 Å². The Morgan fingerprint density at radius 2 is 1.37 bits per heavy atom. The van der Waals surface area contributed by atoms with Crippen molar-refractivity contribution in [1.29, 1.82) is 0 Å². The van der Waals surface area contributed by atoms with E-state index < -0.39 is 114 Å². The van der Waals surface area contributed by atoms with E-state index >= 15 is 0 Å². The minimum Gasteiger partial charge on any atom is -0.459 e. The molecular formula is C64H107N3O20. The lowest BCUT2D eigenvalue weighted by Crippen LogP contribution is -2.61. The quantitative estimate of drug-likeness (QED) is 0.0308. The zero-order valence-corrected chi connectivity index (χ0v) is 53.4. The summed E-state index contributed by atoms with van der Waals surface area (Å²) in [7, 11) is 3.08. The summed E-state index contributed by atoms with van der Waals surface area (Å²) in [6.45, 7) is 18.0. The van der Waals surface area contributed by atoms with Gasteiger partial charge in [0.05, 0.1) is 97.1 Å². The second kappa shape index (κ2) is 40.6. The summed E-state index contributed by atoms with van der Waals surface area (Å²) in [5.41, 5.74) is 8.10. The summed E-state index contributed by atoms with van der Waals surface area (Å²) < 4.78 is 62.7. The molecule has 0 radical (unpaired) electrons. The lowest BCUT2D eigenvalue weighted by atomic mass is 9.80. The molecule has 4 aliphatic rings. The molecule has 23 heteroatoms. The molecule has 1 aliphatic carbocycles. The number of esters is 1. The first-order valence-electron chi connectivity index (χ1n) is 31.6. The summed E-state index contributed by atoms with van der Waals surface area (Å²) >= 11 is 0. The van der Waals surface area contributed by atoms with Gasteiger partial charge in [-0.3, -0.25) is 14.4 Å². The van der Waals surface area contributed by atoms with Crippen LogP contribution in [0.15, 0.2) is 47.6 Å². The highest BCUT2D eigenvalue weighted by atomic mass is 16.6. The van der Waals surface area contributed by atoms with Crippen molar-refractivity contribution in [1.82, 2.24) is 10.2 Å². The number of carbonyl (C=O) groups excluding carboxylic acids is 5. The number of piperidine rings is 1. The molecule has 0 spiro atoms. The van der Waals surface area contributed by atoms with Gasteiger partial charge in [0.1, 0.15) is 30.5 Å². The van der Waals surface area contributed by atoms with Gasteiger partial charge in [0.2, 0.25) is 5.79 Å². The SMILES string of the molecule is CCOCCOCCOCCOCCOCCOCCNC(=O)O[C@@H]1CCC(C[C@@H](N)[C@@H]2C[C@@H](O)C(C)/C=C(\C)[C@@H](O)[C@@H](O)C(=O)[C@H](C)C[C@H](C)/C=C/C=C/C=C(\C)[C@@H](OC)C[C@@H]3CC[C@@H](C)[C@@](O)(O3)C(=O)C(=O)N3CCCC[C@H]3C(=O)O2)C[C@H]1OC. The third-order valence-electron chi connectivity index (χ3n) is 17.0. The standard InChI is InChI=1S/C64H107N3O20/c1-10-79-26-27-81-30-31-83-34-35-84-33-32-82-29-28-80-25-23-66-63(75)86-53-22-20-48(39-56(53)78-9)38-50(65)55-41-52(68)44(4)37-46(6)58(70)59(71)57(69)45(5)36-42(2)16-12-11-13-17-43(3)54(77-8)40-49-21-19-47(7)64(76,87-49)60(72)61(73)67-24-15-14-18-51(67)62(74)85-55/h11-13,16-17,37,42,44-45,47-56,58-59,68,70-71,76H,10,14-15,18-36,38-41,65H2,1-9H3,(H,66,75)/b13-11+,16-12+,43-17+,46-37+/t42-,44?,45-,47-,48?,49+,50-,51+,52-,53-,54+,55+,56-,58-,59+,64-/m1/s1. The van der Waals surface area contributed by atoms with Gasteiger partial charge in [0.25, 0.3) is 11.7 Å². The number of fused-ring (bicyclic) bond motifs is 3. The Morgan fingerprint density at radius 3 is 1.99 bits per heavy atom. The number of carbonyl (C=O) groups is 5. The third kappa shape index (κ3) is 25.6. The highest BCUT2D eigenvalue weighted by Gasteiger charge is 2.53. The van der Waals surface area contributed by atoms with Crippen LogP contribution < -0.4 is 11.1 Å². The normalized spacial score (nSPS) is 33.9. The molecule has 0 aromatic carbocycles. The summed E-state index contributed by atoms with van der Waals surface area (Å²) in [6, 6.07) is -2.12. The van der Waals surface area contributed by atoms with Crippen molar-refractivity contribution in [2.75, 3.05) is 107 Å². The number of aliphatic hydroxyl groups is 4. The Labute approximate surface area is 516 Å². The first-order valence-corrected chi connectivity index (χ1v) is 31.6. The van der Waals surface area contributed by atoms with E-state index in [-0.39, 0.29) is 62.8 Å². The number of ether oxygens (including phenoxy) is 11. The van der Waals surface area contributed by atoms with Crippen LogP contribution in [0.4, 0.5) is 4.79 Å². The van der Waals surface area contributed by atoms with Gasteiger partial charge >= 0.3 is 12.1 Å². The van der Waals surface area contributed by atoms with E-state index in [4.69, 9.17) is 57.8 Å². The Morgan fingerprint density at radius 1 is 0.736 bits per heavy atom. The second-order valence-corrected chi connectivity index (χ2v) is 23.8. The van der Waals surface area contributed by atoms with Crippen LogP contribution in [0.3, 0.4) is 0 Å². The topological polar surface area (TPSA) is 309 Å². The number of Topliss-reactive ketones (excluding diaryl/α,β-unsaturated/α-hetero) is 2. The number of amides is 2. The third-order valence-corrected chi connectivity index (χ3v) is 17.0. The van der Waals surface area contributed by atoms with E-state index in [0.717, 1.165) is 10.5 Å². The van der Waals surface area contributed by atoms with Gasteiger partial charge in [-0.25, -0.2) is 9.59 Å². The number of rotatable bonds is 25. The molecular weight excluding hydrogens is 1130 g/mol. The number of nitrogens with one attached hydrogen (secondary N) is 1. The van der Waals surface area contributed by atoms with Crippen molar-refractivity contribution in [2.45, 2.75) is 192 Å². The molecule has 0 aromatic heterocycles. The molecule has 1 saturated carbocycles. The number of methoxy groups -OCH3 is 2. The Kier molecular flexibility index (Phi) is 35.2. The van der Waals surface area contributed by atoms with Crippen LogP contribution in [0, 0.1) is 29.6 Å². The maximum absolute atomic E-state index is 14.6. The van der Waals surface area contributed by atoms with Gasteiger partial charge in [-0.1, -0.05) is 64.2 Å². The molecule has 2 amide bonds. The van der Waals surface area contributed by atoms with Crippen molar-refractivity contribution in [2.24, 2.45) is 35.3 Å². The monoisotopic (exact) mass is 1240 g/mol. The number of hydrogen-bond donors (Lipinski definition) is 6. The number of alkyl carbamates (subject to hydrolysis) is 1. The number of allylic oxidation sites excluding steroid dienone is 5. The van der Waals surface area contributed by atoms with E-state index in [1.807, 2.05) is 51.2 Å². The van der Waals surface area contributed by atoms with Gasteiger partial charge in [-0.2, -0.15) is 0 Å². The molecule has 2 saturated heterocycles. The molecule has 87 heavy (non-hydrogen) atoms. The fourth-order valence-corrected chi connectivity index (χ4v) is 11.6. The van der Waals surface area contributed by atoms with Gasteiger partial charge in [-0.05, 0) is 108 Å². The summed E-state index contributed by atoms with van der Waals surface area (Å²) in [5.74, 6) is -8.36.